The largest absolute Gasteiger partial charge is 0.299 e. The lowest BCUT2D eigenvalue weighted by atomic mass is 9.82. The highest BCUT2D eigenvalue weighted by Gasteiger charge is 2.26. The minimum atomic E-state index is 0.518. The maximum absolute atomic E-state index is 4.72. The Balaban J connectivity index is 0.000000171. The first-order valence-electron chi connectivity index (χ1n) is 17.0. The van der Waals surface area contributed by atoms with Crippen LogP contribution in [-0.4, -0.2) is 45.4 Å². The van der Waals surface area contributed by atoms with Crippen LogP contribution in [0.3, 0.4) is 0 Å². The van der Waals surface area contributed by atoms with Gasteiger partial charge in [-0.15, -0.1) is 0 Å². The second-order valence-electron chi connectivity index (χ2n) is 14.0. The first-order chi connectivity index (χ1) is 20.8. The van der Waals surface area contributed by atoms with E-state index in [1.54, 1.807) is 0 Å². The van der Waals surface area contributed by atoms with Crippen LogP contribution in [0.2, 0.25) is 0 Å². The summed E-state index contributed by atoms with van der Waals surface area (Å²) in [6, 6.07) is 16.3. The van der Waals surface area contributed by atoms with Gasteiger partial charge in [-0.25, -0.2) is 0 Å². The second-order valence-corrected chi connectivity index (χ2v) is 14.0. The summed E-state index contributed by atoms with van der Waals surface area (Å²) < 4.78 is 0. The standard InChI is InChI=1S/C20H28N2.C19H26N2/c1-15(2)17-6-5-16(18-7-10-21-13-19(17)18)14-22-11-8-20(3,4)9-12-22;1-3-16-9-7-8-12-21(16)14-15-13-20-19(4-2)18-11-6-5-10-17(15)18/h5-7,10,13,15H,8-9,11-12,14H2,1-4H3;5-6,10-11,13,16H,3-4,7-9,12,14H2,1-2H3. The normalized spacial score (nSPS) is 19.5. The highest BCUT2D eigenvalue weighted by molar-refractivity contribution is 5.88. The molecule has 6 rings (SSSR count). The fourth-order valence-electron chi connectivity index (χ4n) is 7.14. The molecule has 4 nitrogen and oxygen atoms in total. The zero-order valence-electron chi connectivity index (χ0n) is 27.7. The van der Waals surface area contributed by atoms with E-state index >= 15 is 0 Å². The Hall–Kier alpha value is -2.82. The number of aryl methyl sites for hydroxylation is 1. The van der Waals surface area contributed by atoms with Crippen LogP contribution in [0.4, 0.5) is 0 Å². The summed E-state index contributed by atoms with van der Waals surface area (Å²) in [5.74, 6) is 0.538. The average Bonchev–Trinajstić information content (AvgIpc) is 3.03. The number of hydrogen-bond acceptors (Lipinski definition) is 4. The molecule has 0 saturated carbocycles. The number of fused-ring (bicyclic) bond motifs is 2. The average molecular weight is 579 g/mol. The molecule has 0 spiro atoms. The molecule has 43 heavy (non-hydrogen) atoms. The van der Waals surface area contributed by atoms with Crippen molar-refractivity contribution in [3.8, 4) is 0 Å². The third kappa shape index (κ3) is 7.64. The molecule has 1 atom stereocenters. The smallest absolute Gasteiger partial charge is 0.0479 e. The van der Waals surface area contributed by atoms with Crippen LogP contribution >= 0.6 is 0 Å². The summed E-state index contributed by atoms with van der Waals surface area (Å²) in [6.07, 6.45) is 15.0. The monoisotopic (exact) mass is 578 g/mol. The maximum atomic E-state index is 4.72. The Bertz CT molecular complexity index is 1480. The van der Waals surface area contributed by atoms with Gasteiger partial charge in [0.05, 0.1) is 0 Å². The number of hydrogen-bond donors (Lipinski definition) is 0. The summed E-state index contributed by atoms with van der Waals surface area (Å²) in [4.78, 5) is 14.3. The highest BCUT2D eigenvalue weighted by atomic mass is 15.2. The number of likely N-dealkylation sites (tertiary alicyclic amines) is 2. The maximum Gasteiger partial charge on any atom is 0.0479 e. The van der Waals surface area contributed by atoms with Gasteiger partial charge in [-0.05, 0) is 103 Å². The summed E-state index contributed by atoms with van der Waals surface area (Å²) >= 11 is 0. The van der Waals surface area contributed by atoms with Gasteiger partial charge in [-0.2, -0.15) is 0 Å². The summed E-state index contributed by atoms with van der Waals surface area (Å²) in [7, 11) is 0. The number of aromatic nitrogens is 2. The van der Waals surface area contributed by atoms with Crippen molar-refractivity contribution in [1.82, 2.24) is 19.8 Å². The third-order valence-electron chi connectivity index (χ3n) is 10.1. The van der Waals surface area contributed by atoms with Crippen LogP contribution in [0, 0.1) is 5.41 Å². The van der Waals surface area contributed by atoms with Crippen LogP contribution in [-0.2, 0) is 19.5 Å². The third-order valence-corrected chi connectivity index (χ3v) is 10.1. The zero-order chi connectivity index (χ0) is 30.4. The van der Waals surface area contributed by atoms with E-state index in [-0.39, 0.29) is 0 Å². The fourth-order valence-corrected chi connectivity index (χ4v) is 7.14. The molecule has 0 N–H and O–H groups in total. The van der Waals surface area contributed by atoms with Gasteiger partial charge in [-0.3, -0.25) is 19.8 Å². The minimum absolute atomic E-state index is 0.518. The molecule has 2 aromatic carbocycles. The molecule has 230 valence electrons. The number of piperidine rings is 2. The van der Waals surface area contributed by atoms with Crippen molar-refractivity contribution >= 4 is 21.5 Å². The van der Waals surface area contributed by atoms with E-state index < -0.39 is 0 Å². The Kier molecular flexibility index (Phi) is 10.5. The first kappa shape index (κ1) is 31.6. The van der Waals surface area contributed by atoms with Gasteiger partial charge in [0.25, 0.3) is 0 Å². The number of benzene rings is 2. The van der Waals surface area contributed by atoms with Crippen molar-refractivity contribution in [3.05, 3.63) is 83.4 Å². The molecule has 1 unspecified atom stereocenters. The van der Waals surface area contributed by atoms with E-state index in [1.807, 2.05) is 12.4 Å². The van der Waals surface area contributed by atoms with E-state index in [0.717, 1.165) is 25.6 Å². The molecule has 4 aromatic rings. The Morgan fingerprint density at radius 3 is 2.28 bits per heavy atom. The lowest BCUT2D eigenvalue weighted by Gasteiger charge is -2.37. The summed E-state index contributed by atoms with van der Waals surface area (Å²) in [5.41, 5.74) is 5.99. The number of nitrogens with zero attached hydrogens (tertiary/aromatic N) is 4. The molecule has 0 bridgehead atoms. The van der Waals surface area contributed by atoms with Crippen molar-refractivity contribution in [2.24, 2.45) is 5.41 Å². The second kappa shape index (κ2) is 14.3. The van der Waals surface area contributed by atoms with Crippen LogP contribution in [0.5, 0.6) is 0 Å². The predicted molar refractivity (Wildman–Crippen MR) is 184 cm³/mol. The van der Waals surface area contributed by atoms with E-state index in [0.29, 0.717) is 11.3 Å². The number of rotatable bonds is 7. The number of pyridine rings is 2. The Labute approximate surface area is 260 Å². The van der Waals surface area contributed by atoms with Crippen molar-refractivity contribution in [2.75, 3.05) is 19.6 Å². The molecule has 4 heteroatoms. The summed E-state index contributed by atoms with van der Waals surface area (Å²) in [6.45, 7) is 19.6. The van der Waals surface area contributed by atoms with Crippen molar-refractivity contribution in [3.63, 3.8) is 0 Å². The Morgan fingerprint density at radius 1 is 0.814 bits per heavy atom. The van der Waals surface area contributed by atoms with Gasteiger partial charge >= 0.3 is 0 Å². The first-order valence-corrected chi connectivity index (χ1v) is 17.0. The molecular formula is C39H54N4. The fraction of sp³-hybridized carbons (Fsp3) is 0.538. The highest BCUT2D eigenvalue weighted by Crippen LogP contribution is 2.33. The van der Waals surface area contributed by atoms with Crippen molar-refractivity contribution in [2.45, 2.75) is 112 Å². The van der Waals surface area contributed by atoms with Crippen LogP contribution in [0.15, 0.2) is 61.1 Å². The Morgan fingerprint density at radius 2 is 1.56 bits per heavy atom. The molecule has 4 heterocycles. The molecular weight excluding hydrogens is 524 g/mol. The van der Waals surface area contributed by atoms with Crippen molar-refractivity contribution < 1.29 is 0 Å². The van der Waals surface area contributed by atoms with Crippen LogP contribution < -0.4 is 0 Å². The molecule has 2 aliphatic heterocycles. The van der Waals surface area contributed by atoms with Gasteiger partial charge in [0.15, 0.2) is 0 Å². The predicted octanol–water partition coefficient (Wildman–Crippen LogP) is 9.54. The molecule has 0 amide bonds. The van der Waals surface area contributed by atoms with Crippen LogP contribution in [0.1, 0.15) is 108 Å². The van der Waals surface area contributed by atoms with E-state index in [2.05, 4.69) is 105 Å². The molecule has 2 aromatic heterocycles. The van der Waals surface area contributed by atoms with E-state index in [1.165, 1.54) is 102 Å². The van der Waals surface area contributed by atoms with E-state index in [4.69, 9.17) is 4.98 Å². The quantitative estimate of drug-likeness (QED) is 0.219. The van der Waals surface area contributed by atoms with Gasteiger partial charge in [0, 0.05) is 54.2 Å². The van der Waals surface area contributed by atoms with E-state index in [9.17, 15) is 0 Å². The topological polar surface area (TPSA) is 32.3 Å². The molecule has 0 radical (unpaired) electrons. The summed E-state index contributed by atoms with van der Waals surface area (Å²) in [5, 5.41) is 5.44. The van der Waals surface area contributed by atoms with Gasteiger partial charge in [0.1, 0.15) is 0 Å². The molecule has 2 aliphatic rings. The van der Waals surface area contributed by atoms with Crippen LogP contribution in [0.25, 0.3) is 21.5 Å². The lowest BCUT2D eigenvalue weighted by Crippen LogP contribution is -2.38. The molecule has 2 saturated heterocycles. The van der Waals surface area contributed by atoms with Gasteiger partial charge in [-0.1, -0.05) is 84.4 Å². The zero-order valence-corrected chi connectivity index (χ0v) is 27.7. The lowest BCUT2D eigenvalue weighted by molar-refractivity contribution is 0.127. The molecule has 0 aliphatic carbocycles. The minimum Gasteiger partial charge on any atom is -0.299 e. The van der Waals surface area contributed by atoms with Crippen molar-refractivity contribution in [1.29, 1.82) is 0 Å². The SMILES string of the molecule is CC(C)c1ccc(CN2CCC(C)(C)CC2)c2ccncc12.CCc1ncc(CN2CCCCC2CC)c2ccccc12. The van der Waals surface area contributed by atoms with Gasteiger partial charge < -0.3 is 0 Å². The molecule has 2 fully saturated rings. The van der Waals surface area contributed by atoms with Gasteiger partial charge in [0.2, 0.25) is 0 Å².